The Morgan fingerprint density at radius 1 is 1.08 bits per heavy atom. The smallest absolute Gasteiger partial charge is 0.266 e. The Morgan fingerprint density at radius 3 is 2.52 bits per heavy atom. The maximum absolute atomic E-state index is 12.8. The standard InChI is InChI=1S/C19H17NO3S2/c1-22-15-10-6-9-14(17(15)23-2)11-16-18(21)20(19(24)25-16)12-13-7-4-3-5-8-13/h3-11H,12H2,1-2H3/b16-11-. The number of benzene rings is 2. The number of thioether (sulfide) groups is 1. The second kappa shape index (κ2) is 7.72. The Labute approximate surface area is 156 Å². The quantitative estimate of drug-likeness (QED) is 0.584. The molecule has 1 saturated heterocycles. The molecule has 1 heterocycles. The summed E-state index contributed by atoms with van der Waals surface area (Å²) in [6.07, 6.45) is 1.80. The van der Waals surface area contributed by atoms with Crippen LogP contribution in [-0.2, 0) is 11.3 Å². The van der Waals surface area contributed by atoms with E-state index in [2.05, 4.69) is 0 Å². The van der Waals surface area contributed by atoms with Crippen molar-refractivity contribution in [1.82, 2.24) is 4.90 Å². The number of thiocarbonyl (C=S) groups is 1. The van der Waals surface area contributed by atoms with Gasteiger partial charge in [-0.05, 0) is 17.7 Å². The van der Waals surface area contributed by atoms with E-state index >= 15 is 0 Å². The van der Waals surface area contributed by atoms with Crippen molar-refractivity contribution < 1.29 is 14.3 Å². The molecule has 1 fully saturated rings. The predicted molar refractivity (Wildman–Crippen MR) is 105 cm³/mol. The fraction of sp³-hybridized carbons (Fsp3) is 0.158. The minimum absolute atomic E-state index is 0.0938. The van der Waals surface area contributed by atoms with Crippen molar-refractivity contribution in [3.8, 4) is 11.5 Å². The fourth-order valence-electron chi connectivity index (χ4n) is 2.57. The van der Waals surface area contributed by atoms with Gasteiger partial charge in [0.05, 0.1) is 25.7 Å². The first-order chi connectivity index (χ1) is 12.1. The number of ether oxygens (including phenoxy) is 2. The summed E-state index contributed by atoms with van der Waals surface area (Å²) in [6, 6.07) is 15.4. The molecule has 0 unspecified atom stereocenters. The number of nitrogens with zero attached hydrogens (tertiary/aromatic N) is 1. The average molecular weight is 371 g/mol. The van der Waals surface area contributed by atoms with Gasteiger partial charge in [-0.25, -0.2) is 0 Å². The Bertz CT molecular complexity index is 834. The Hall–Kier alpha value is -2.31. The van der Waals surface area contributed by atoms with Gasteiger partial charge in [-0.15, -0.1) is 0 Å². The number of carbonyl (C=O) groups is 1. The van der Waals surface area contributed by atoms with Crippen molar-refractivity contribution in [3.63, 3.8) is 0 Å². The van der Waals surface area contributed by atoms with Crippen molar-refractivity contribution in [2.45, 2.75) is 6.54 Å². The zero-order valence-corrected chi connectivity index (χ0v) is 15.5. The number of carbonyl (C=O) groups excluding carboxylic acids is 1. The molecule has 0 aromatic heterocycles. The molecule has 0 atom stereocenters. The van der Waals surface area contributed by atoms with E-state index in [4.69, 9.17) is 21.7 Å². The van der Waals surface area contributed by atoms with Gasteiger partial charge in [0.1, 0.15) is 4.32 Å². The molecule has 1 amide bonds. The van der Waals surface area contributed by atoms with Crippen LogP contribution in [0.15, 0.2) is 53.4 Å². The van der Waals surface area contributed by atoms with E-state index in [1.165, 1.54) is 11.8 Å². The summed E-state index contributed by atoms with van der Waals surface area (Å²) in [6.45, 7) is 0.470. The van der Waals surface area contributed by atoms with Crippen molar-refractivity contribution in [2.75, 3.05) is 14.2 Å². The molecule has 2 aromatic carbocycles. The maximum Gasteiger partial charge on any atom is 0.266 e. The first-order valence-corrected chi connectivity index (χ1v) is 8.87. The Kier molecular flexibility index (Phi) is 5.40. The van der Waals surface area contributed by atoms with Crippen LogP contribution < -0.4 is 9.47 Å². The molecule has 3 rings (SSSR count). The molecule has 25 heavy (non-hydrogen) atoms. The van der Waals surface area contributed by atoms with Crippen LogP contribution >= 0.6 is 24.0 Å². The molecule has 0 N–H and O–H groups in total. The minimum Gasteiger partial charge on any atom is -0.493 e. The van der Waals surface area contributed by atoms with Crippen LogP contribution in [0.25, 0.3) is 6.08 Å². The first kappa shape index (κ1) is 17.5. The van der Waals surface area contributed by atoms with Crippen LogP contribution in [0.5, 0.6) is 11.5 Å². The van der Waals surface area contributed by atoms with Crippen molar-refractivity contribution in [1.29, 1.82) is 0 Å². The second-order valence-corrected chi connectivity index (χ2v) is 7.01. The Morgan fingerprint density at radius 2 is 1.84 bits per heavy atom. The lowest BCUT2D eigenvalue weighted by atomic mass is 10.1. The third-order valence-corrected chi connectivity index (χ3v) is 5.15. The van der Waals surface area contributed by atoms with Gasteiger partial charge in [-0.2, -0.15) is 0 Å². The van der Waals surface area contributed by atoms with Gasteiger partial charge in [-0.3, -0.25) is 9.69 Å². The Balaban J connectivity index is 1.88. The minimum atomic E-state index is -0.0938. The summed E-state index contributed by atoms with van der Waals surface area (Å²) >= 11 is 6.69. The summed E-state index contributed by atoms with van der Waals surface area (Å²) in [5.41, 5.74) is 1.82. The topological polar surface area (TPSA) is 38.8 Å². The zero-order valence-electron chi connectivity index (χ0n) is 13.9. The van der Waals surface area contributed by atoms with Crippen molar-refractivity contribution >= 4 is 40.3 Å². The summed E-state index contributed by atoms with van der Waals surface area (Å²) in [5.74, 6) is 1.12. The normalized spacial score (nSPS) is 15.8. The molecule has 0 saturated carbocycles. The van der Waals surface area contributed by atoms with E-state index in [0.29, 0.717) is 27.3 Å². The van der Waals surface area contributed by atoms with Crippen LogP contribution in [0.4, 0.5) is 0 Å². The molecule has 1 aliphatic heterocycles. The molecule has 1 aliphatic rings. The third-order valence-electron chi connectivity index (χ3n) is 3.78. The van der Waals surface area contributed by atoms with Gasteiger partial charge in [-0.1, -0.05) is 66.4 Å². The van der Waals surface area contributed by atoms with E-state index in [1.807, 2.05) is 48.5 Å². The molecule has 4 nitrogen and oxygen atoms in total. The molecule has 128 valence electrons. The number of para-hydroxylation sites is 1. The molecule has 0 bridgehead atoms. The highest BCUT2D eigenvalue weighted by atomic mass is 32.2. The lowest BCUT2D eigenvalue weighted by Crippen LogP contribution is -2.27. The highest BCUT2D eigenvalue weighted by Crippen LogP contribution is 2.37. The molecule has 6 heteroatoms. The number of hydrogen-bond donors (Lipinski definition) is 0. The molecular weight excluding hydrogens is 354 g/mol. The van der Waals surface area contributed by atoms with Gasteiger partial charge in [0.2, 0.25) is 0 Å². The van der Waals surface area contributed by atoms with E-state index in [-0.39, 0.29) is 5.91 Å². The van der Waals surface area contributed by atoms with Gasteiger partial charge in [0, 0.05) is 5.56 Å². The maximum atomic E-state index is 12.8. The van der Waals surface area contributed by atoms with Crippen LogP contribution in [0.2, 0.25) is 0 Å². The third kappa shape index (κ3) is 3.70. The molecular formula is C19H17NO3S2. The summed E-state index contributed by atoms with van der Waals surface area (Å²) in [5, 5.41) is 0. The van der Waals surface area contributed by atoms with Gasteiger partial charge >= 0.3 is 0 Å². The summed E-state index contributed by atoms with van der Waals surface area (Å²) in [7, 11) is 3.16. The molecule has 2 aromatic rings. The zero-order chi connectivity index (χ0) is 17.8. The predicted octanol–water partition coefficient (Wildman–Crippen LogP) is 4.11. The van der Waals surface area contributed by atoms with E-state index in [9.17, 15) is 4.79 Å². The second-order valence-electron chi connectivity index (χ2n) is 5.34. The van der Waals surface area contributed by atoms with E-state index in [0.717, 1.165) is 11.1 Å². The molecule has 0 spiro atoms. The lowest BCUT2D eigenvalue weighted by molar-refractivity contribution is -0.122. The van der Waals surface area contributed by atoms with Crippen LogP contribution in [-0.4, -0.2) is 29.3 Å². The highest BCUT2D eigenvalue weighted by molar-refractivity contribution is 8.26. The van der Waals surface area contributed by atoms with Gasteiger partial charge in [0.15, 0.2) is 11.5 Å². The fourth-order valence-corrected chi connectivity index (χ4v) is 3.82. The highest BCUT2D eigenvalue weighted by Gasteiger charge is 2.32. The first-order valence-electron chi connectivity index (χ1n) is 7.64. The lowest BCUT2D eigenvalue weighted by Gasteiger charge is -2.14. The van der Waals surface area contributed by atoms with Crippen LogP contribution in [0.3, 0.4) is 0 Å². The summed E-state index contributed by atoms with van der Waals surface area (Å²) < 4.78 is 11.3. The largest absolute Gasteiger partial charge is 0.493 e. The van der Waals surface area contributed by atoms with E-state index < -0.39 is 0 Å². The number of amides is 1. The van der Waals surface area contributed by atoms with Crippen LogP contribution in [0, 0.1) is 0 Å². The summed E-state index contributed by atoms with van der Waals surface area (Å²) in [4.78, 5) is 15.0. The number of rotatable bonds is 5. The van der Waals surface area contributed by atoms with Crippen LogP contribution in [0.1, 0.15) is 11.1 Å². The molecule has 0 radical (unpaired) electrons. The van der Waals surface area contributed by atoms with Gasteiger partial charge in [0.25, 0.3) is 5.91 Å². The molecule has 0 aliphatic carbocycles. The van der Waals surface area contributed by atoms with Crippen molar-refractivity contribution in [3.05, 3.63) is 64.6 Å². The van der Waals surface area contributed by atoms with E-state index in [1.54, 1.807) is 25.2 Å². The number of methoxy groups -OCH3 is 2. The number of hydrogen-bond acceptors (Lipinski definition) is 5. The monoisotopic (exact) mass is 371 g/mol. The van der Waals surface area contributed by atoms with Gasteiger partial charge < -0.3 is 9.47 Å². The van der Waals surface area contributed by atoms with Crippen molar-refractivity contribution in [2.24, 2.45) is 0 Å². The average Bonchev–Trinajstić information content (AvgIpc) is 2.90. The SMILES string of the molecule is COc1cccc(/C=C2\SC(=S)N(Cc3ccccc3)C2=O)c1OC.